The maximum Gasteiger partial charge on any atom is 0.335 e. The van der Waals surface area contributed by atoms with Gasteiger partial charge in [-0.25, -0.2) is 9.18 Å². The second-order valence-corrected chi connectivity index (χ2v) is 4.94. The lowest BCUT2D eigenvalue weighted by atomic mass is 10.2. The number of nitrogens with two attached hydrogens (primary N) is 1. The molecule has 2 rings (SSSR count). The fourth-order valence-electron chi connectivity index (χ4n) is 1.60. The van der Waals surface area contributed by atoms with Crippen molar-refractivity contribution in [2.75, 3.05) is 5.73 Å². The predicted molar refractivity (Wildman–Crippen MR) is 76.2 cm³/mol. The molecule has 0 amide bonds. The lowest BCUT2D eigenvalue weighted by molar-refractivity contribution is 0.0696. The third-order valence-corrected chi connectivity index (χ3v) is 3.43. The van der Waals surface area contributed by atoms with Gasteiger partial charge in [0.05, 0.1) is 11.3 Å². The molecular formula is C14H11BrFNO3. The minimum absolute atomic E-state index is 0.0750. The SMILES string of the molecule is Nc1ccc(C(=O)O)cc1OCc1cc(F)ccc1Br. The zero-order chi connectivity index (χ0) is 14.7. The summed E-state index contributed by atoms with van der Waals surface area (Å²) in [6.07, 6.45) is 0. The summed E-state index contributed by atoms with van der Waals surface area (Å²) in [5, 5.41) is 8.91. The summed E-state index contributed by atoms with van der Waals surface area (Å²) in [6, 6.07) is 8.42. The van der Waals surface area contributed by atoms with E-state index in [9.17, 15) is 9.18 Å². The normalized spacial score (nSPS) is 10.3. The highest BCUT2D eigenvalue weighted by molar-refractivity contribution is 9.10. The number of carboxylic acid groups (broad SMARTS) is 1. The van der Waals surface area contributed by atoms with Gasteiger partial charge >= 0.3 is 5.97 Å². The first-order valence-corrected chi connectivity index (χ1v) is 6.46. The number of carboxylic acids is 1. The Morgan fingerprint density at radius 2 is 2.05 bits per heavy atom. The lowest BCUT2D eigenvalue weighted by Gasteiger charge is -2.11. The summed E-state index contributed by atoms with van der Waals surface area (Å²) in [5.41, 5.74) is 6.72. The molecule has 4 nitrogen and oxygen atoms in total. The summed E-state index contributed by atoms with van der Waals surface area (Å²) >= 11 is 3.29. The Kier molecular flexibility index (Phi) is 4.24. The van der Waals surface area contributed by atoms with E-state index in [-0.39, 0.29) is 23.7 Å². The Hall–Kier alpha value is -2.08. The van der Waals surface area contributed by atoms with Crippen molar-refractivity contribution in [3.63, 3.8) is 0 Å². The highest BCUT2D eigenvalue weighted by Crippen LogP contribution is 2.25. The first-order chi connectivity index (χ1) is 9.47. The van der Waals surface area contributed by atoms with Gasteiger partial charge in [0.2, 0.25) is 0 Å². The molecule has 0 aliphatic heterocycles. The van der Waals surface area contributed by atoms with Gasteiger partial charge in [-0.3, -0.25) is 0 Å². The molecule has 0 radical (unpaired) electrons. The van der Waals surface area contributed by atoms with Gasteiger partial charge in [-0.2, -0.15) is 0 Å². The van der Waals surface area contributed by atoms with Gasteiger partial charge in [-0.1, -0.05) is 15.9 Å². The number of hydrogen-bond acceptors (Lipinski definition) is 3. The molecule has 6 heteroatoms. The molecule has 2 aromatic rings. The van der Waals surface area contributed by atoms with Gasteiger partial charge in [0, 0.05) is 10.0 Å². The van der Waals surface area contributed by atoms with E-state index in [2.05, 4.69) is 15.9 Å². The number of ether oxygens (including phenoxy) is 1. The molecular weight excluding hydrogens is 329 g/mol. The van der Waals surface area contributed by atoms with Crippen molar-refractivity contribution in [2.24, 2.45) is 0 Å². The molecule has 0 aliphatic rings. The second kappa shape index (κ2) is 5.92. The van der Waals surface area contributed by atoms with Crippen molar-refractivity contribution < 1.29 is 19.0 Å². The standard InChI is InChI=1S/C14H11BrFNO3/c15-11-3-2-10(16)5-9(11)7-20-13-6-8(14(18)19)1-4-12(13)17/h1-6H,7,17H2,(H,18,19). The molecule has 0 aliphatic carbocycles. The Labute approximate surface area is 123 Å². The monoisotopic (exact) mass is 339 g/mol. The van der Waals surface area contributed by atoms with Crippen LogP contribution >= 0.6 is 15.9 Å². The molecule has 0 saturated carbocycles. The molecule has 0 heterocycles. The van der Waals surface area contributed by atoms with Gasteiger partial charge in [0.1, 0.15) is 18.2 Å². The molecule has 0 spiro atoms. The van der Waals surface area contributed by atoms with E-state index in [0.717, 1.165) is 0 Å². The van der Waals surface area contributed by atoms with Crippen LogP contribution in [0.15, 0.2) is 40.9 Å². The third-order valence-electron chi connectivity index (χ3n) is 2.65. The molecule has 104 valence electrons. The minimum Gasteiger partial charge on any atom is -0.487 e. The number of nitrogen functional groups attached to an aromatic ring is 1. The van der Waals surface area contributed by atoms with Crippen molar-refractivity contribution in [2.45, 2.75) is 6.61 Å². The number of rotatable bonds is 4. The van der Waals surface area contributed by atoms with Crippen LogP contribution < -0.4 is 10.5 Å². The molecule has 0 fully saturated rings. The van der Waals surface area contributed by atoms with Crippen molar-refractivity contribution in [3.05, 3.63) is 57.8 Å². The molecule has 0 bridgehead atoms. The Morgan fingerprint density at radius 1 is 1.30 bits per heavy atom. The van der Waals surface area contributed by atoms with Gasteiger partial charge < -0.3 is 15.6 Å². The molecule has 0 saturated heterocycles. The molecule has 3 N–H and O–H groups in total. The zero-order valence-corrected chi connectivity index (χ0v) is 11.9. The number of benzene rings is 2. The lowest BCUT2D eigenvalue weighted by Crippen LogP contribution is -2.03. The van der Waals surface area contributed by atoms with Crippen LogP contribution in [0.25, 0.3) is 0 Å². The van der Waals surface area contributed by atoms with Crippen LogP contribution in [-0.2, 0) is 6.61 Å². The van der Waals surface area contributed by atoms with Gasteiger partial charge in [-0.15, -0.1) is 0 Å². The third kappa shape index (κ3) is 3.27. The minimum atomic E-state index is -1.07. The van der Waals surface area contributed by atoms with Crippen LogP contribution in [-0.4, -0.2) is 11.1 Å². The second-order valence-electron chi connectivity index (χ2n) is 4.08. The zero-order valence-electron chi connectivity index (χ0n) is 10.3. The van der Waals surface area contributed by atoms with Crippen molar-refractivity contribution >= 4 is 27.6 Å². The van der Waals surface area contributed by atoms with Crippen molar-refractivity contribution in [3.8, 4) is 5.75 Å². The van der Waals surface area contributed by atoms with Crippen LogP contribution in [0.5, 0.6) is 5.75 Å². The number of anilines is 1. The Bertz CT molecular complexity index is 661. The predicted octanol–water partition coefficient (Wildman–Crippen LogP) is 3.45. The van der Waals surface area contributed by atoms with Crippen LogP contribution in [0, 0.1) is 5.82 Å². The maximum atomic E-state index is 13.1. The van der Waals surface area contributed by atoms with Crippen molar-refractivity contribution in [1.29, 1.82) is 0 Å². The number of hydrogen-bond donors (Lipinski definition) is 2. The topological polar surface area (TPSA) is 72.6 Å². The van der Waals surface area contributed by atoms with Crippen LogP contribution in [0.2, 0.25) is 0 Å². The molecule has 0 atom stereocenters. The van der Waals surface area contributed by atoms with E-state index >= 15 is 0 Å². The van der Waals surface area contributed by atoms with Crippen molar-refractivity contribution in [1.82, 2.24) is 0 Å². The average molecular weight is 340 g/mol. The number of halogens is 2. The quantitative estimate of drug-likeness (QED) is 0.837. The first-order valence-electron chi connectivity index (χ1n) is 5.67. The van der Waals surface area contributed by atoms with Crippen LogP contribution in [0.3, 0.4) is 0 Å². The molecule has 2 aromatic carbocycles. The smallest absolute Gasteiger partial charge is 0.335 e. The fraction of sp³-hybridized carbons (Fsp3) is 0.0714. The molecule has 0 unspecified atom stereocenters. The largest absolute Gasteiger partial charge is 0.487 e. The summed E-state index contributed by atoms with van der Waals surface area (Å²) in [6.45, 7) is 0.0750. The van der Waals surface area contributed by atoms with Gasteiger partial charge in [0.25, 0.3) is 0 Å². The van der Waals surface area contributed by atoms with E-state index < -0.39 is 5.97 Å². The van der Waals surface area contributed by atoms with E-state index in [1.54, 1.807) is 6.07 Å². The molecule has 0 aromatic heterocycles. The van der Waals surface area contributed by atoms with Crippen LogP contribution in [0.4, 0.5) is 10.1 Å². The van der Waals surface area contributed by atoms with E-state index in [4.69, 9.17) is 15.6 Å². The Balaban J connectivity index is 2.20. The van der Waals surface area contributed by atoms with Crippen LogP contribution in [0.1, 0.15) is 15.9 Å². The summed E-state index contributed by atoms with van der Waals surface area (Å²) in [7, 11) is 0. The summed E-state index contributed by atoms with van der Waals surface area (Å²) in [5.74, 6) is -1.19. The summed E-state index contributed by atoms with van der Waals surface area (Å²) in [4.78, 5) is 10.9. The molecule has 20 heavy (non-hydrogen) atoms. The average Bonchev–Trinajstić information content (AvgIpc) is 2.41. The van der Waals surface area contributed by atoms with E-state index in [1.807, 2.05) is 0 Å². The van der Waals surface area contributed by atoms with Gasteiger partial charge in [-0.05, 0) is 36.4 Å². The number of aromatic carboxylic acids is 1. The highest BCUT2D eigenvalue weighted by Gasteiger charge is 2.09. The fourth-order valence-corrected chi connectivity index (χ4v) is 1.96. The highest BCUT2D eigenvalue weighted by atomic mass is 79.9. The first kappa shape index (κ1) is 14.3. The van der Waals surface area contributed by atoms with Gasteiger partial charge in [0.15, 0.2) is 0 Å². The summed E-state index contributed by atoms with van der Waals surface area (Å²) < 4.78 is 19.3. The van der Waals surface area contributed by atoms with E-state index in [0.29, 0.717) is 15.7 Å². The number of carbonyl (C=O) groups is 1. The Morgan fingerprint density at radius 3 is 2.75 bits per heavy atom. The maximum absolute atomic E-state index is 13.1. The van der Waals surface area contributed by atoms with E-state index in [1.165, 1.54) is 30.3 Å².